The highest BCUT2D eigenvalue weighted by Gasteiger charge is 1.91. The number of hydrogen-bond donors (Lipinski definition) is 1. The molecule has 0 heterocycles. The topological polar surface area (TPSA) is 12.0 Å². The van der Waals surface area contributed by atoms with E-state index in [4.69, 9.17) is 0 Å². The Morgan fingerprint density at radius 2 is 1.92 bits per heavy atom. The van der Waals surface area contributed by atoms with Gasteiger partial charge in [-0.15, -0.1) is 0 Å². The van der Waals surface area contributed by atoms with Crippen LogP contribution < -0.4 is 5.32 Å². The predicted octanol–water partition coefficient (Wildman–Crippen LogP) is 3.28. The van der Waals surface area contributed by atoms with Crippen LogP contribution in [0.25, 0.3) is 0 Å². The minimum absolute atomic E-state index is 1.03. The summed E-state index contributed by atoms with van der Waals surface area (Å²) in [6.45, 7) is 5.29. The van der Waals surface area contributed by atoms with Gasteiger partial charge in [0.25, 0.3) is 0 Å². The number of benzene rings is 1. The van der Waals surface area contributed by atoms with Crippen LogP contribution in [0.4, 0.5) is 5.69 Å². The third-order valence-electron chi connectivity index (χ3n) is 2.12. The van der Waals surface area contributed by atoms with Gasteiger partial charge in [-0.25, -0.2) is 0 Å². The fourth-order valence-corrected chi connectivity index (χ4v) is 1.22. The van der Waals surface area contributed by atoms with Crippen molar-refractivity contribution in [3.05, 3.63) is 36.2 Å². The zero-order chi connectivity index (χ0) is 9.52. The van der Waals surface area contributed by atoms with Crippen LogP contribution in [0.3, 0.4) is 0 Å². The summed E-state index contributed by atoms with van der Waals surface area (Å²) in [5.74, 6) is 0. The van der Waals surface area contributed by atoms with Gasteiger partial charge in [0.2, 0.25) is 0 Å². The molecule has 0 amide bonds. The fraction of sp³-hybridized carbons (Fsp3) is 0.417. The predicted molar refractivity (Wildman–Crippen MR) is 58.9 cm³/mol. The van der Waals surface area contributed by atoms with Gasteiger partial charge in [0.1, 0.15) is 0 Å². The molecule has 13 heavy (non-hydrogen) atoms. The van der Waals surface area contributed by atoms with E-state index in [1.807, 2.05) is 0 Å². The molecule has 0 saturated carbocycles. The van der Waals surface area contributed by atoms with Gasteiger partial charge in [-0.3, -0.25) is 0 Å². The Balaban J connectivity index is 2.40. The molecule has 0 spiro atoms. The van der Waals surface area contributed by atoms with Gasteiger partial charge >= 0.3 is 0 Å². The molecule has 0 aliphatic rings. The Kier molecular flexibility index (Phi) is 4.37. The normalized spacial score (nSPS) is 10.0. The molecule has 0 fully saturated rings. The molecule has 0 atom stereocenters. The molecule has 0 unspecified atom stereocenters. The summed E-state index contributed by atoms with van der Waals surface area (Å²) in [6.07, 6.45) is 4.41. The molecule has 1 rings (SSSR count). The summed E-state index contributed by atoms with van der Waals surface area (Å²) in [4.78, 5) is 0. The number of rotatable bonds is 5. The highest BCUT2D eigenvalue weighted by atomic mass is 14.9. The first-order valence-electron chi connectivity index (χ1n) is 4.97. The van der Waals surface area contributed by atoms with E-state index in [1.165, 1.54) is 11.3 Å². The Morgan fingerprint density at radius 3 is 2.46 bits per heavy atom. The zero-order valence-electron chi connectivity index (χ0n) is 8.51. The Hall–Kier alpha value is -0.980. The number of anilines is 1. The lowest BCUT2D eigenvalue weighted by Gasteiger charge is -2.05. The van der Waals surface area contributed by atoms with Gasteiger partial charge in [-0.2, -0.15) is 0 Å². The average Bonchev–Trinajstić information content (AvgIpc) is 2.19. The van der Waals surface area contributed by atoms with E-state index < -0.39 is 0 Å². The fourth-order valence-electron chi connectivity index (χ4n) is 1.22. The quantitative estimate of drug-likeness (QED) is 0.679. The van der Waals surface area contributed by atoms with Gasteiger partial charge in [-0.05, 0) is 37.0 Å². The molecular formula is C12H18N. The Labute approximate surface area is 81.2 Å². The monoisotopic (exact) mass is 176 g/mol. The first-order chi connectivity index (χ1) is 6.36. The van der Waals surface area contributed by atoms with Crippen molar-refractivity contribution in [3.63, 3.8) is 0 Å². The van der Waals surface area contributed by atoms with Crippen LogP contribution in [-0.2, 0) is 6.42 Å². The number of unbranched alkanes of at least 4 members (excludes halogenated alkanes) is 1. The molecule has 0 aliphatic carbocycles. The van der Waals surface area contributed by atoms with E-state index in [1.54, 1.807) is 0 Å². The number of nitrogens with one attached hydrogen (secondary N) is 1. The highest BCUT2D eigenvalue weighted by Crippen LogP contribution is 2.09. The van der Waals surface area contributed by atoms with Crippen molar-refractivity contribution in [3.8, 4) is 0 Å². The third-order valence-corrected chi connectivity index (χ3v) is 2.12. The van der Waals surface area contributed by atoms with Crippen LogP contribution in [0, 0.1) is 6.42 Å². The second-order valence-electron chi connectivity index (χ2n) is 3.17. The maximum atomic E-state index is 3.37. The summed E-state index contributed by atoms with van der Waals surface area (Å²) in [5.41, 5.74) is 2.62. The van der Waals surface area contributed by atoms with Crippen molar-refractivity contribution in [1.82, 2.24) is 0 Å². The first kappa shape index (κ1) is 10.1. The minimum Gasteiger partial charge on any atom is -0.385 e. The van der Waals surface area contributed by atoms with E-state index in [-0.39, 0.29) is 0 Å². The first-order valence-corrected chi connectivity index (χ1v) is 4.97. The van der Waals surface area contributed by atoms with Gasteiger partial charge in [-0.1, -0.05) is 26.0 Å². The van der Waals surface area contributed by atoms with E-state index in [0.717, 1.165) is 19.4 Å². The minimum atomic E-state index is 1.03. The summed E-state index contributed by atoms with van der Waals surface area (Å²) >= 11 is 0. The molecule has 1 nitrogen and oxygen atoms in total. The van der Waals surface area contributed by atoms with Crippen molar-refractivity contribution >= 4 is 5.69 Å². The standard InChI is InChI=1S/C12H18N/c1-3-5-10-13-12-8-6-11(4-2)7-9-12/h3,6-9,13H,4-5,10H2,1-2H3. The molecule has 0 aromatic heterocycles. The van der Waals surface area contributed by atoms with E-state index >= 15 is 0 Å². The van der Waals surface area contributed by atoms with Crippen LogP contribution in [0.5, 0.6) is 0 Å². The SMILES string of the molecule is C[CH]CCNc1ccc(CC)cc1. The maximum Gasteiger partial charge on any atom is 0.0340 e. The van der Waals surface area contributed by atoms with Crippen molar-refractivity contribution < 1.29 is 0 Å². The summed E-state index contributed by atoms with van der Waals surface area (Å²) in [6, 6.07) is 8.65. The van der Waals surface area contributed by atoms with Crippen LogP contribution >= 0.6 is 0 Å². The van der Waals surface area contributed by atoms with E-state index in [9.17, 15) is 0 Å². The molecule has 1 heteroatoms. The van der Waals surface area contributed by atoms with Crippen LogP contribution in [0.15, 0.2) is 24.3 Å². The van der Waals surface area contributed by atoms with E-state index in [2.05, 4.69) is 49.9 Å². The van der Waals surface area contributed by atoms with Crippen LogP contribution in [0.2, 0.25) is 0 Å². The molecule has 1 aromatic carbocycles. The average molecular weight is 176 g/mol. The summed E-state index contributed by atoms with van der Waals surface area (Å²) < 4.78 is 0. The Bertz CT molecular complexity index is 225. The summed E-state index contributed by atoms with van der Waals surface area (Å²) in [7, 11) is 0. The third kappa shape index (κ3) is 3.49. The largest absolute Gasteiger partial charge is 0.385 e. The summed E-state index contributed by atoms with van der Waals surface area (Å²) in [5, 5.41) is 3.37. The van der Waals surface area contributed by atoms with Crippen LogP contribution in [0.1, 0.15) is 25.8 Å². The van der Waals surface area contributed by atoms with Gasteiger partial charge in [0, 0.05) is 12.2 Å². The smallest absolute Gasteiger partial charge is 0.0340 e. The van der Waals surface area contributed by atoms with Gasteiger partial charge in [0.15, 0.2) is 0 Å². The molecule has 0 saturated heterocycles. The molecule has 1 radical (unpaired) electrons. The molecule has 1 aromatic rings. The second kappa shape index (κ2) is 5.63. The zero-order valence-corrected chi connectivity index (χ0v) is 8.51. The number of hydrogen-bond acceptors (Lipinski definition) is 1. The molecule has 0 aliphatic heterocycles. The molecule has 0 bridgehead atoms. The number of aryl methyl sites for hydroxylation is 1. The van der Waals surface area contributed by atoms with Crippen molar-refractivity contribution in [2.24, 2.45) is 0 Å². The van der Waals surface area contributed by atoms with Gasteiger partial charge < -0.3 is 5.32 Å². The second-order valence-corrected chi connectivity index (χ2v) is 3.17. The van der Waals surface area contributed by atoms with E-state index in [0.29, 0.717) is 0 Å². The van der Waals surface area contributed by atoms with Crippen molar-refractivity contribution in [1.29, 1.82) is 0 Å². The lowest BCUT2D eigenvalue weighted by atomic mass is 10.1. The maximum absolute atomic E-state index is 3.37. The molecule has 1 N–H and O–H groups in total. The van der Waals surface area contributed by atoms with Crippen molar-refractivity contribution in [2.75, 3.05) is 11.9 Å². The lowest BCUT2D eigenvalue weighted by molar-refractivity contribution is 0.992. The molecule has 71 valence electrons. The lowest BCUT2D eigenvalue weighted by Crippen LogP contribution is -2.00. The Morgan fingerprint density at radius 1 is 1.23 bits per heavy atom. The van der Waals surface area contributed by atoms with Crippen molar-refractivity contribution in [2.45, 2.75) is 26.7 Å². The van der Waals surface area contributed by atoms with Gasteiger partial charge in [0.05, 0.1) is 0 Å². The highest BCUT2D eigenvalue weighted by molar-refractivity contribution is 5.44. The van der Waals surface area contributed by atoms with Crippen LogP contribution in [-0.4, -0.2) is 6.54 Å². The molecular weight excluding hydrogens is 158 g/mol.